The van der Waals surface area contributed by atoms with E-state index >= 15 is 0 Å². The summed E-state index contributed by atoms with van der Waals surface area (Å²) in [5.74, 6) is 0.558. The highest BCUT2D eigenvalue weighted by Gasteiger charge is 2.35. The van der Waals surface area contributed by atoms with Gasteiger partial charge in [-0.1, -0.05) is 0 Å². The van der Waals surface area contributed by atoms with Crippen LogP contribution in [-0.2, 0) is 4.74 Å². The topological polar surface area (TPSA) is 41.6 Å². The predicted octanol–water partition coefficient (Wildman–Crippen LogP) is 1.46. The second-order valence-electron chi connectivity index (χ2n) is 5.22. The fourth-order valence-electron chi connectivity index (χ4n) is 1.54. The molecule has 1 aliphatic rings. The van der Waals surface area contributed by atoms with Crippen LogP contribution in [0.5, 0.6) is 0 Å². The van der Waals surface area contributed by atoms with Crippen LogP contribution in [0.3, 0.4) is 0 Å². The summed E-state index contributed by atoms with van der Waals surface area (Å²) in [6.45, 7) is 9.40. The van der Waals surface area contributed by atoms with Gasteiger partial charge < -0.3 is 15.0 Å². The Morgan fingerprint density at radius 3 is 2.40 bits per heavy atom. The average Bonchev–Trinajstić information content (AvgIpc) is 1.97. The molecule has 1 aliphatic heterocycles. The number of nitrogens with one attached hydrogen (secondary N) is 1. The van der Waals surface area contributed by atoms with Gasteiger partial charge in [0.05, 0.1) is 0 Å². The highest BCUT2D eigenvalue weighted by Crippen LogP contribution is 2.21. The molecule has 0 aromatic carbocycles. The Kier molecular flexibility index (Phi) is 3.60. The van der Waals surface area contributed by atoms with Crippen molar-refractivity contribution in [1.82, 2.24) is 10.2 Å². The molecule has 15 heavy (non-hydrogen) atoms. The molecule has 1 rings (SSSR count). The molecule has 0 aliphatic carbocycles. The minimum atomic E-state index is -0.392. The lowest BCUT2D eigenvalue weighted by Gasteiger charge is -2.42. The van der Waals surface area contributed by atoms with E-state index in [0.29, 0.717) is 12.0 Å². The van der Waals surface area contributed by atoms with E-state index in [1.54, 1.807) is 4.90 Å². The van der Waals surface area contributed by atoms with Crippen LogP contribution >= 0.6 is 0 Å². The summed E-state index contributed by atoms with van der Waals surface area (Å²) in [6.07, 6.45) is -0.193. The van der Waals surface area contributed by atoms with E-state index in [9.17, 15) is 4.79 Å². The molecule has 1 amide bonds. The third-order valence-corrected chi connectivity index (χ3v) is 2.72. The number of ether oxygens (including phenoxy) is 1. The lowest BCUT2D eigenvalue weighted by Crippen LogP contribution is -2.57. The predicted molar refractivity (Wildman–Crippen MR) is 59.8 cm³/mol. The van der Waals surface area contributed by atoms with Crippen molar-refractivity contribution in [3.8, 4) is 0 Å². The maximum atomic E-state index is 11.6. The zero-order valence-corrected chi connectivity index (χ0v) is 10.3. The fraction of sp³-hybridized carbons (Fsp3) is 0.909. The number of rotatable bonds is 2. The number of hydrogen-bond acceptors (Lipinski definition) is 3. The molecule has 0 bridgehead atoms. The molecular formula is C11H22N2O2. The van der Waals surface area contributed by atoms with Crippen molar-refractivity contribution in [1.29, 1.82) is 0 Å². The molecule has 1 fully saturated rings. The van der Waals surface area contributed by atoms with E-state index < -0.39 is 5.60 Å². The van der Waals surface area contributed by atoms with Crippen LogP contribution in [0.1, 0.15) is 27.7 Å². The minimum Gasteiger partial charge on any atom is -0.444 e. The van der Waals surface area contributed by atoms with Crippen LogP contribution < -0.4 is 5.32 Å². The van der Waals surface area contributed by atoms with Crippen LogP contribution in [0.15, 0.2) is 0 Å². The number of amides is 1. The van der Waals surface area contributed by atoms with E-state index in [4.69, 9.17) is 4.74 Å². The van der Waals surface area contributed by atoms with Crippen LogP contribution in [0.25, 0.3) is 0 Å². The Balaban J connectivity index is 2.30. The smallest absolute Gasteiger partial charge is 0.410 e. The Labute approximate surface area is 92.0 Å². The standard InChI is InChI=1S/C11H22N2O2/c1-8(12-5)9-6-13(7-9)10(14)15-11(2,3)4/h8-9,12H,6-7H2,1-5H3/t8-/m0/s1. The van der Waals surface area contributed by atoms with Gasteiger partial charge in [0.1, 0.15) is 5.60 Å². The molecule has 0 aromatic heterocycles. The molecule has 0 aromatic rings. The van der Waals surface area contributed by atoms with Crippen molar-refractivity contribution in [3.63, 3.8) is 0 Å². The van der Waals surface area contributed by atoms with Crippen LogP contribution in [-0.4, -0.2) is 42.8 Å². The second kappa shape index (κ2) is 4.39. The summed E-state index contributed by atoms with van der Waals surface area (Å²) in [5.41, 5.74) is -0.392. The Hall–Kier alpha value is -0.770. The monoisotopic (exact) mass is 214 g/mol. The Morgan fingerprint density at radius 1 is 1.47 bits per heavy atom. The summed E-state index contributed by atoms with van der Waals surface area (Å²) in [6, 6.07) is 0.462. The normalized spacial score (nSPS) is 19.7. The van der Waals surface area contributed by atoms with Crippen molar-refractivity contribution in [3.05, 3.63) is 0 Å². The van der Waals surface area contributed by atoms with Gasteiger partial charge in [0.2, 0.25) is 0 Å². The first-order valence-electron chi connectivity index (χ1n) is 5.48. The Bertz CT molecular complexity index is 229. The quantitative estimate of drug-likeness (QED) is 0.756. The van der Waals surface area contributed by atoms with Crippen molar-refractivity contribution in [2.45, 2.75) is 39.3 Å². The van der Waals surface area contributed by atoms with Crippen molar-refractivity contribution in [2.24, 2.45) is 5.92 Å². The fourth-order valence-corrected chi connectivity index (χ4v) is 1.54. The average molecular weight is 214 g/mol. The van der Waals surface area contributed by atoms with E-state index in [0.717, 1.165) is 13.1 Å². The molecule has 0 unspecified atom stereocenters. The molecule has 0 spiro atoms. The highest BCUT2D eigenvalue weighted by molar-refractivity contribution is 5.69. The first-order chi connectivity index (χ1) is 6.83. The van der Waals surface area contributed by atoms with Gasteiger partial charge in [-0.25, -0.2) is 4.79 Å². The third-order valence-electron chi connectivity index (χ3n) is 2.72. The number of hydrogen-bond donors (Lipinski definition) is 1. The van der Waals surface area contributed by atoms with E-state index in [1.165, 1.54) is 0 Å². The van der Waals surface area contributed by atoms with Gasteiger partial charge >= 0.3 is 6.09 Å². The second-order valence-corrected chi connectivity index (χ2v) is 5.22. The number of likely N-dealkylation sites (tertiary alicyclic amines) is 1. The number of nitrogens with zero attached hydrogens (tertiary/aromatic N) is 1. The Morgan fingerprint density at radius 2 is 2.00 bits per heavy atom. The molecule has 0 saturated carbocycles. The van der Waals surface area contributed by atoms with E-state index in [1.807, 2.05) is 27.8 Å². The first kappa shape index (κ1) is 12.3. The lowest BCUT2D eigenvalue weighted by molar-refractivity contribution is -0.00529. The lowest BCUT2D eigenvalue weighted by atomic mass is 9.93. The maximum absolute atomic E-state index is 11.6. The maximum Gasteiger partial charge on any atom is 0.410 e. The highest BCUT2D eigenvalue weighted by atomic mass is 16.6. The van der Waals surface area contributed by atoms with Gasteiger partial charge in [0.15, 0.2) is 0 Å². The summed E-state index contributed by atoms with van der Waals surface area (Å²) in [7, 11) is 1.95. The third kappa shape index (κ3) is 3.38. The molecular weight excluding hydrogens is 192 g/mol. The molecule has 4 heteroatoms. The summed E-state index contributed by atoms with van der Waals surface area (Å²) in [4.78, 5) is 13.3. The number of carbonyl (C=O) groups excluding carboxylic acids is 1. The van der Waals surface area contributed by atoms with Gasteiger partial charge in [-0.2, -0.15) is 0 Å². The van der Waals surface area contributed by atoms with Crippen molar-refractivity contribution < 1.29 is 9.53 Å². The first-order valence-corrected chi connectivity index (χ1v) is 5.48. The summed E-state index contributed by atoms with van der Waals surface area (Å²) >= 11 is 0. The molecule has 1 saturated heterocycles. The summed E-state index contributed by atoms with van der Waals surface area (Å²) in [5, 5.41) is 3.20. The zero-order valence-electron chi connectivity index (χ0n) is 10.3. The number of carbonyl (C=O) groups is 1. The van der Waals surface area contributed by atoms with Gasteiger partial charge in [-0.3, -0.25) is 0 Å². The largest absolute Gasteiger partial charge is 0.444 e. The molecule has 1 atom stereocenters. The SMILES string of the molecule is CN[C@@H](C)C1CN(C(=O)OC(C)(C)C)C1. The van der Waals surface area contributed by atoms with E-state index in [2.05, 4.69) is 12.2 Å². The molecule has 1 heterocycles. The van der Waals surface area contributed by atoms with Gasteiger partial charge in [0, 0.05) is 25.0 Å². The van der Waals surface area contributed by atoms with Crippen molar-refractivity contribution >= 4 is 6.09 Å². The molecule has 0 radical (unpaired) electrons. The molecule has 1 N–H and O–H groups in total. The van der Waals surface area contributed by atoms with E-state index in [-0.39, 0.29) is 6.09 Å². The van der Waals surface area contributed by atoms with Gasteiger partial charge in [0.25, 0.3) is 0 Å². The van der Waals surface area contributed by atoms with Crippen LogP contribution in [0.4, 0.5) is 4.79 Å². The summed E-state index contributed by atoms with van der Waals surface area (Å²) < 4.78 is 5.27. The van der Waals surface area contributed by atoms with Gasteiger partial charge in [-0.15, -0.1) is 0 Å². The molecule has 4 nitrogen and oxygen atoms in total. The van der Waals surface area contributed by atoms with Crippen LogP contribution in [0.2, 0.25) is 0 Å². The van der Waals surface area contributed by atoms with Crippen molar-refractivity contribution in [2.75, 3.05) is 20.1 Å². The molecule has 88 valence electrons. The van der Waals surface area contributed by atoms with Gasteiger partial charge in [-0.05, 0) is 34.7 Å². The van der Waals surface area contributed by atoms with Crippen LogP contribution in [0, 0.1) is 5.92 Å². The zero-order chi connectivity index (χ0) is 11.6. The minimum absolute atomic E-state index is 0.193.